The Morgan fingerprint density at radius 3 is 2.36 bits per heavy atom. The quantitative estimate of drug-likeness (QED) is 0.374. The van der Waals surface area contributed by atoms with Gasteiger partial charge in [-0.1, -0.05) is 56.2 Å². The number of nitrogens with two attached hydrogens (primary N) is 1. The molecular weight excluding hydrogens is 412 g/mol. The number of carbonyl (C=O) groups excluding carboxylic acids is 2. The number of para-hydroxylation sites is 1. The molecule has 0 spiro atoms. The Bertz CT molecular complexity index is 959. The number of ether oxygens (including phenoxy) is 1. The Labute approximate surface area is 197 Å². The summed E-state index contributed by atoms with van der Waals surface area (Å²) in [5, 5.41) is 0. The van der Waals surface area contributed by atoms with Gasteiger partial charge < -0.3 is 15.4 Å². The standard InChI is InChI=1S/C28H36N2O3/c1-3-5-7-13-24(23-12-8-9-14-25(23)30-19-10-6-11-20-30)26(27(29)31)21-15-17-22(18-16-21)28(32)33-4-2/h8-9,12-18,26H,3-7,10-11,19-20H2,1-2H3,(H2,29,31). The molecule has 1 saturated heterocycles. The highest BCUT2D eigenvalue weighted by molar-refractivity contribution is 5.99. The van der Waals surface area contributed by atoms with Crippen molar-refractivity contribution in [3.8, 4) is 0 Å². The Hall–Kier alpha value is -3.08. The lowest BCUT2D eigenvalue weighted by molar-refractivity contribution is -0.118. The number of benzene rings is 2. The first-order valence-corrected chi connectivity index (χ1v) is 12.2. The number of anilines is 1. The lowest BCUT2D eigenvalue weighted by Gasteiger charge is -2.32. The predicted molar refractivity (Wildman–Crippen MR) is 134 cm³/mol. The van der Waals surface area contributed by atoms with Gasteiger partial charge in [0.05, 0.1) is 18.1 Å². The molecule has 0 aromatic heterocycles. The van der Waals surface area contributed by atoms with E-state index in [2.05, 4.69) is 36.1 Å². The van der Waals surface area contributed by atoms with Gasteiger partial charge in [-0.05, 0) is 61.9 Å². The van der Waals surface area contributed by atoms with Crippen LogP contribution in [0.15, 0.2) is 54.6 Å². The molecule has 2 N–H and O–H groups in total. The Balaban J connectivity index is 2.04. The lowest BCUT2D eigenvalue weighted by Crippen LogP contribution is -2.31. The molecule has 2 aromatic carbocycles. The smallest absolute Gasteiger partial charge is 0.338 e. The monoisotopic (exact) mass is 448 g/mol. The molecular formula is C28H36N2O3. The molecule has 33 heavy (non-hydrogen) atoms. The van der Waals surface area contributed by atoms with E-state index in [1.807, 2.05) is 18.2 Å². The van der Waals surface area contributed by atoms with Gasteiger partial charge in [-0.25, -0.2) is 4.79 Å². The second kappa shape index (κ2) is 12.2. The van der Waals surface area contributed by atoms with Crippen molar-refractivity contribution >= 4 is 23.1 Å². The van der Waals surface area contributed by atoms with Gasteiger partial charge in [0.25, 0.3) is 0 Å². The maximum atomic E-state index is 12.8. The molecule has 0 radical (unpaired) electrons. The highest BCUT2D eigenvalue weighted by Gasteiger charge is 2.27. The second-order valence-corrected chi connectivity index (χ2v) is 8.54. The van der Waals surface area contributed by atoms with Crippen molar-refractivity contribution in [1.82, 2.24) is 0 Å². The third-order valence-electron chi connectivity index (χ3n) is 6.18. The van der Waals surface area contributed by atoms with Crippen LogP contribution in [0.2, 0.25) is 0 Å². The van der Waals surface area contributed by atoms with Gasteiger partial charge in [0.2, 0.25) is 5.91 Å². The van der Waals surface area contributed by atoms with Gasteiger partial charge in [0.15, 0.2) is 0 Å². The summed E-state index contributed by atoms with van der Waals surface area (Å²) >= 11 is 0. The van der Waals surface area contributed by atoms with Gasteiger partial charge in [-0.3, -0.25) is 4.79 Å². The van der Waals surface area contributed by atoms with Crippen molar-refractivity contribution in [3.05, 3.63) is 71.3 Å². The maximum absolute atomic E-state index is 12.8. The molecule has 176 valence electrons. The zero-order chi connectivity index (χ0) is 23.6. The zero-order valence-electron chi connectivity index (χ0n) is 19.9. The Morgan fingerprint density at radius 1 is 1.03 bits per heavy atom. The first-order chi connectivity index (χ1) is 16.1. The number of allylic oxidation sites excluding steroid dienone is 1. The van der Waals surface area contributed by atoms with Crippen molar-refractivity contribution < 1.29 is 14.3 Å². The summed E-state index contributed by atoms with van der Waals surface area (Å²) in [4.78, 5) is 27.3. The van der Waals surface area contributed by atoms with Gasteiger partial charge in [-0.15, -0.1) is 0 Å². The lowest BCUT2D eigenvalue weighted by atomic mass is 9.84. The summed E-state index contributed by atoms with van der Waals surface area (Å²) in [5.41, 5.74) is 10.4. The minimum Gasteiger partial charge on any atom is -0.462 e. The SMILES string of the molecule is CCCCC=C(c1ccccc1N1CCCCC1)C(C(N)=O)c1ccc(C(=O)OCC)cc1. The van der Waals surface area contributed by atoms with Crippen LogP contribution in [0.3, 0.4) is 0 Å². The number of nitrogens with zero attached hydrogens (tertiary/aromatic N) is 1. The van der Waals surface area contributed by atoms with Crippen molar-refractivity contribution in [1.29, 1.82) is 0 Å². The second-order valence-electron chi connectivity index (χ2n) is 8.54. The number of amides is 1. The van der Waals surface area contributed by atoms with Gasteiger partial charge in [-0.2, -0.15) is 0 Å². The van der Waals surface area contributed by atoms with Crippen molar-refractivity contribution in [2.45, 2.75) is 58.3 Å². The number of hydrogen-bond donors (Lipinski definition) is 1. The van der Waals surface area contributed by atoms with Gasteiger partial charge >= 0.3 is 5.97 Å². The van der Waals surface area contributed by atoms with Crippen LogP contribution < -0.4 is 10.6 Å². The van der Waals surface area contributed by atoms with Crippen LogP contribution in [0.4, 0.5) is 5.69 Å². The highest BCUT2D eigenvalue weighted by Crippen LogP contribution is 2.38. The number of unbranched alkanes of at least 4 members (excludes halogenated alkanes) is 2. The fraction of sp³-hybridized carbons (Fsp3) is 0.429. The van der Waals surface area contributed by atoms with E-state index in [4.69, 9.17) is 10.5 Å². The number of primary amides is 1. The maximum Gasteiger partial charge on any atom is 0.338 e. The first kappa shape index (κ1) is 24.6. The summed E-state index contributed by atoms with van der Waals surface area (Å²) in [5.74, 6) is -1.35. The minimum atomic E-state index is -0.593. The molecule has 1 aliphatic rings. The molecule has 1 amide bonds. The number of hydrogen-bond acceptors (Lipinski definition) is 4. The van der Waals surface area contributed by atoms with Crippen molar-refractivity contribution in [2.75, 3.05) is 24.6 Å². The fourth-order valence-electron chi connectivity index (χ4n) is 4.50. The van der Waals surface area contributed by atoms with Crippen LogP contribution in [-0.4, -0.2) is 31.6 Å². The van der Waals surface area contributed by atoms with E-state index >= 15 is 0 Å². The summed E-state index contributed by atoms with van der Waals surface area (Å²) in [6.45, 7) is 6.31. The topological polar surface area (TPSA) is 72.6 Å². The Morgan fingerprint density at radius 2 is 1.73 bits per heavy atom. The molecule has 3 rings (SSSR count). The van der Waals surface area contributed by atoms with E-state index in [0.717, 1.165) is 54.7 Å². The summed E-state index contributed by atoms with van der Waals surface area (Å²) in [6.07, 6.45) is 8.80. The highest BCUT2D eigenvalue weighted by atomic mass is 16.5. The molecule has 1 fully saturated rings. The Kier molecular flexibility index (Phi) is 9.11. The zero-order valence-corrected chi connectivity index (χ0v) is 19.9. The molecule has 1 unspecified atom stereocenters. The minimum absolute atomic E-state index is 0.322. The average Bonchev–Trinajstić information content (AvgIpc) is 2.84. The number of esters is 1. The molecule has 5 nitrogen and oxygen atoms in total. The third kappa shape index (κ3) is 6.25. The number of rotatable bonds is 10. The van der Waals surface area contributed by atoms with Crippen molar-refractivity contribution in [3.63, 3.8) is 0 Å². The van der Waals surface area contributed by atoms with E-state index in [9.17, 15) is 9.59 Å². The molecule has 1 aliphatic heterocycles. The fourth-order valence-corrected chi connectivity index (χ4v) is 4.50. The van der Waals surface area contributed by atoms with E-state index in [0.29, 0.717) is 12.2 Å². The number of piperidine rings is 1. The largest absolute Gasteiger partial charge is 0.462 e. The first-order valence-electron chi connectivity index (χ1n) is 12.2. The van der Waals surface area contributed by atoms with Gasteiger partial charge in [0, 0.05) is 24.3 Å². The van der Waals surface area contributed by atoms with E-state index < -0.39 is 11.8 Å². The molecule has 0 aliphatic carbocycles. The molecule has 2 aromatic rings. The molecule has 0 bridgehead atoms. The van der Waals surface area contributed by atoms with Crippen molar-refractivity contribution in [2.24, 2.45) is 5.73 Å². The van der Waals surface area contributed by atoms with Crippen LogP contribution in [-0.2, 0) is 9.53 Å². The molecule has 1 heterocycles. The van der Waals surface area contributed by atoms with Crippen LogP contribution in [0.1, 0.15) is 79.8 Å². The molecule has 5 heteroatoms. The molecule has 1 atom stereocenters. The number of carbonyl (C=O) groups is 2. The third-order valence-corrected chi connectivity index (χ3v) is 6.18. The summed E-state index contributed by atoms with van der Waals surface area (Å²) in [7, 11) is 0. The average molecular weight is 449 g/mol. The van der Waals surface area contributed by atoms with Crippen LogP contribution in [0, 0.1) is 0 Å². The van der Waals surface area contributed by atoms with Crippen LogP contribution in [0.5, 0.6) is 0 Å². The van der Waals surface area contributed by atoms with Crippen LogP contribution >= 0.6 is 0 Å². The van der Waals surface area contributed by atoms with Crippen LogP contribution in [0.25, 0.3) is 5.57 Å². The normalized spacial score (nSPS) is 15.2. The van der Waals surface area contributed by atoms with E-state index in [-0.39, 0.29) is 5.97 Å². The van der Waals surface area contributed by atoms with E-state index in [1.165, 1.54) is 19.3 Å². The predicted octanol–water partition coefficient (Wildman–Crippen LogP) is 5.70. The summed E-state index contributed by atoms with van der Waals surface area (Å²) in [6, 6.07) is 15.4. The van der Waals surface area contributed by atoms with Gasteiger partial charge in [0.1, 0.15) is 0 Å². The molecule has 0 saturated carbocycles. The van der Waals surface area contributed by atoms with E-state index in [1.54, 1.807) is 19.1 Å². The summed E-state index contributed by atoms with van der Waals surface area (Å²) < 4.78 is 5.09.